The second-order valence-corrected chi connectivity index (χ2v) is 8.16. The molecule has 0 amide bonds. The van der Waals surface area contributed by atoms with Gasteiger partial charge in [-0.25, -0.2) is 9.98 Å². The summed E-state index contributed by atoms with van der Waals surface area (Å²) in [6.07, 6.45) is 1.86. The first-order valence-corrected chi connectivity index (χ1v) is 11.0. The third-order valence-electron chi connectivity index (χ3n) is 5.99. The SMILES string of the molecule is CCCN1CN=C2NC(c3ccc4c(c3)OCCCO4)n3c(nc4ccccc43)N2C1. The van der Waals surface area contributed by atoms with Crippen LogP contribution in [0, 0.1) is 0 Å². The standard InChI is InChI=1S/C23H26N6O2/c1-2-10-27-14-24-22-26-21(16-8-9-19-20(13-16)31-12-5-11-30-19)29-18-7-4-3-6-17(18)25-23(29)28(22)15-27/h3-4,6-9,13,21H,2,5,10-12,14-15H2,1H3,(H,24,26). The monoisotopic (exact) mass is 418 g/mol. The maximum Gasteiger partial charge on any atom is 0.216 e. The predicted molar refractivity (Wildman–Crippen MR) is 120 cm³/mol. The molecule has 1 aromatic heterocycles. The quantitative estimate of drug-likeness (QED) is 0.705. The number of hydrogen-bond donors (Lipinski definition) is 1. The molecule has 0 aliphatic carbocycles. The van der Waals surface area contributed by atoms with Crippen LogP contribution in [-0.2, 0) is 0 Å². The van der Waals surface area contributed by atoms with E-state index in [-0.39, 0.29) is 6.17 Å². The fourth-order valence-corrected chi connectivity index (χ4v) is 4.55. The minimum Gasteiger partial charge on any atom is -0.490 e. The van der Waals surface area contributed by atoms with Gasteiger partial charge in [-0.1, -0.05) is 25.1 Å². The van der Waals surface area contributed by atoms with Crippen LogP contribution < -0.4 is 19.7 Å². The summed E-state index contributed by atoms with van der Waals surface area (Å²) >= 11 is 0. The van der Waals surface area contributed by atoms with Gasteiger partial charge in [-0.05, 0) is 36.2 Å². The van der Waals surface area contributed by atoms with Crippen molar-refractivity contribution in [3.8, 4) is 11.5 Å². The van der Waals surface area contributed by atoms with E-state index in [0.717, 1.165) is 66.1 Å². The molecule has 1 unspecified atom stereocenters. The summed E-state index contributed by atoms with van der Waals surface area (Å²) < 4.78 is 14.1. The molecule has 31 heavy (non-hydrogen) atoms. The molecule has 3 aromatic rings. The Kier molecular flexibility index (Phi) is 4.45. The summed E-state index contributed by atoms with van der Waals surface area (Å²) in [5.74, 6) is 3.38. The number of benzene rings is 2. The molecule has 8 heteroatoms. The minimum absolute atomic E-state index is 0.132. The summed E-state index contributed by atoms with van der Waals surface area (Å²) in [6.45, 7) is 6.03. The van der Waals surface area contributed by atoms with E-state index in [2.05, 4.69) is 56.9 Å². The molecule has 1 N–H and O–H groups in total. The molecule has 3 aliphatic heterocycles. The molecule has 6 rings (SSSR count). The van der Waals surface area contributed by atoms with Gasteiger partial charge in [0.2, 0.25) is 11.9 Å². The Morgan fingerprint density at radius 1 is 1.10 bits per heavy atom. The highest BCUT2D eigenvalue weighted by atomic mass is 16.5. The molecule has 0 spiro atoms. The van der Waals surface area contributed by atoms with Crippen LogP contribution in [0.3, 0.4) is 0 Å². The maximum absolute atomic E-state index is 5.96. The van der Waals surface area contributed by atoms with E-state index in [1.165, 1.54) is 0 Å². The van der Waals surface area contributed by atoms with Crippen molar-refractivity contribution < 1.29 is 9.47 Å². The van der Waals surface area contributed by atoms with Gasteiger partial charge in [-0.2, -0.15) is 0 Å². The summed E-state index contributed by atoms with van der Waals surface area (Å²) in [4.78, 5) is 14.4. The van der Waals surface area contributed by atoms with Crippen LogP contribution in [0.1, 0.15) is 31.5 Å². The topological polar surface area (TPSA) is 67.2 Å². The van der Waals surface area contributed by atoms with Crippen LogP contribution in [0.15, 0.2) is 47.5 Å². The summed E-state index contributed by atoms with van der Waals surface area (Å²) in [6, 6.07) is 14.5. The van der Waals surface area contributed by atoms with Gasteiger partial charge >= 0.3 is 0 Å². The lowest BCUT2D eigenvalue weighted by atomic mass is 10.1. The molecule has 0 radical (unpaired) electrons. The van der Waals surface area contributed by atoms with Crippen LogP contribution >= 0.6 is 0 Å². The molecule has 3 aliphatic rings. The number of ether oxygens (including phenoxy) is 2. The van der Waals surface area contributed by atoms with Gasteiger partial charge in [0.05, 0.1) is 37.6 Å². The van der Waals surface area contributed by atoms with E-state index in [9.17, 15) is 0 Å². The molecule has 1 atom stereocenters. The van der Waals surface area contributed by atoms with Crippen molar-refractivity contribution in [2.75, 3.05) is 38.0 Å². The van der Waals surface area contributed by atoms with Crippen molar-refractivity contribution >= 4 is 22.9 Å². The zero-order chi connectivity index (χ0) is 20.8. The highest BCUT2D eigenvalue weighted by molar-refractivity contribution is 5.98. The van der Waals surface area contributed by atoms with Crippen molar-refractivity contribution in [3.05, 3.63) is 48.0 Å². The van der Waals surface area contributed by atoms with Gasteiger partial charge in [-0.15, -0.1) is 0 Å². The normalized spacial score (nSPS) is 20.5. The Labute approximate surface area is 181 Å². The Balaban J connectivity index is 1.48. The number of imidazole rings is 1. The zero-order valence-electron chi connectivity index (χ0n) is 17.6. The number of anilines is 1. The Morgan fingerprint density at radius 2 is 1.97 bits per heavy atom. The molecule has 4 heterocycles. The number of aromatic nitrogens is 2. The molecule has 0 saturated carbocycles. The average Bonchev–Trinajstić information content (AvgIpc) is 3.03. The Morgan fingerprint density at radius 3 is 2.87 bits per heavy atom. The van der Waals surface area contributed by atoms with Crippen molar-refractivity contribution in [2.45, 2.75) is 25.9 Å². The molecule has 0 saturated heterocycles. The van der Waals surface area contributed by atoms with E-state index in [0.29, 0.717) is 19.9 Å². The van der Waals surface area contributed by atoms with Crippen LogP contribution in [-0.4, -0.2) is 53.5 Å². The van der Waals surface area contributed by atoms with Gasteiger partial charge in [0, 0.05) is 13.0 Å². The van der Waals surface area contributed by atoms with E-state index < -0.39 is 0 Å². The number of aliphatic imine (C=N–C) groups is 1. The smallest absolute Gasteiger partial charge is 0.216 e. The van der Waals surface area contributed by atoms with Gasteiger partial charge in [-0.3, -0.25) is 14.4 Å². The van der Waals surface area contributed by atoms with Crippen LogP contribution in [0.4, 0.5) is 5.95 Å². The molecule has 160 valence electrons. The van der Waals surface area contributed by atoms with E-state index >= 15 is 0 Å². The average molecular weight is 419 g/mol. The first-order chi connectivity index (χ1) is 15.3. The number of nitrogens with zero attached hydrogens (tertiary/aromatic N) is 5. The second-order valence-electron chi connectivity index (χ2n) is 8.16. The van der Waals surface area contributed by atoms with Crippen molar-refractivity contribution in [3.63, 3.8) is 0 Å². The fraction of sp³-hybridized carbons (Fsp3) is 0.391. The third-order valence-corrected chi connectivity index (χ3v) is 5.99. The fourth-order valence-electron chi connectivity index (χ4n) is 4.55. The van der Waals surface area contributed by atoms with Crippen molar-refractivity contribution in [1.82, 2.24) is 19.8 Å². The van der Waals surface area contributed by atoms with Gasteiger partial charge in [0.25, 0.3) is 0 Å². The third kappa shape index (κ3) is 3.09. The van der Waals surface area contributed by atoms with Crippen molar-refractivity contribution in [1.29, 1.82) is 0 Å². The van der Waals surface area contributed by atoms with Crippen molar-refractivity contribution in [2.24, 2.45) is 4.99 Å². The number of hydrogen-bond acceptors (Lipinski definition) is 7. The predicted octanol–water partition coefficient (Wildman–Crippen LogP) is 3.15. The summed E-state index contributed by atoms with van der Waals surface area (Å²) in [5.41, 5.74) is 3.16. The lowest BCUT2D eigenvalue weighted by Crippen LogP contribution is -2.57. The first-order valence-electron chi connectivity index (χ1n) is 11.0. The van der Waals surface area contributed by atoms with Gasteiger partial charge < -0.3 is 14.8 Å². The summed E-state index contributed by atoms with van der Waals surface area (Å²) in [5, 5.41) is 3.67. The van der Waals surface area contributed by atoms with E-state index in [1.54, 1.807) is 0 Å². The summed E-state index contributed by atoms with van der Waals surface area (Å²) in [7, 11) is 0. The number of guanidine groups is 1. The second kappa shape index (κ2) is 7.46. The zero-order valence-corrected chi connectivity index (χ0v) is 17.6. The lowest BCUT2D eigenvalue weighted by molar-refractivity contribution is 0.272. The van der Waals surface area contributed by atoms with Crippen LogP contribution in [0.25, 0.3) is 11.0 Å². The number of para-hydroxylation sites is 2. The van der Waals surface area contributed by atoms with E-state index in [1.807, 2.05) is 12.1 Å². The molecule has 2 aromatic carbocycles. The molecular weight excluding hydrogens is 392 g/mol. The van der Waals surface area contributed by atoms with E-state index in [4.69, 9.17) is 19.5 Å². The largest absolute Gasteiger partial charge is 0.490 e. The molecule has 0 bridgehead atoms. The lowest BCUT2D eigenvalue weighted by Gasteiger charge is -2.41. The highest BCUT2D eigenvalue weighted by Crippen LogP contribution is 2.37. The van der Waals surface area contributed by atoms with Gasteiger partial charge in [0.1, 0.15) is 6.17 Å². The number of rotatable bonds is 3. The molecule has 8 nitrogen and oxygen atoms in total. The number of nitrogens with one attached hydrogen (secondary N) is 1. The maximum atomic E-state index is 5.96. The Hall–Kier alpha value is -3.26. The first kappa shape index (κ1) is 18.5. The number of fused-ring (bicyclic) bond motifs is 6. The van der Waals surface area contributed by atoms with Crippen LogP contribution in [0.5, 0.6) is 11.5 Å². The highest BCUT2D eigenvalue weighted by Gasteiger charge is 2.36. The van der Waals surface area contributed by atoms with Gasteiger partial charge in [0.15, 0.2) is 11.5 Å². The Bertz CT molecular complexity index is 1160. The molecular formula is C23H26N6O2. The molecule has 0 fully saturated rings. The van der Waals surface area contributed by atoms with Crippen LogP contribution in [0.2, 0.25) is 0 Å². The minimum atomic E-state index is -0.132.